The lowest BCUT2D eigenvalue weighted by molar-refractivity contribution is 0.631. The zero-order chi connectivity index (χ0) is 54.0. The highest BCUT2D eigenvalue weighted by Crippen LogP contribution is 2.57. The van der Waals surface area contributed by atoms with Crippen LogP contribution in [0.1, 0.15) is 49.9 Å². The third kappa shape index (κ3) is 8.15. The van der Waals surface area contributed by atoms with Gasteiger partial charge in [-0.1, -0.05) is 149 Å². The molecule has 0 aliphatic carbocycles. The van der Waals surface area contributed by atoms with Gasteiger partial charge in [-0.15, -0.1) is 0 Å². The number of nitrogens with zero attached hydrogens (tertiary/aromatic N) is 12. The van der Waals surface area contributed by atoms with Crippen LogP contribution in [0.3, 0.4) is 0 Å². The monoisotopic (exact) mass is 1030 g/mol. The molecule has 2 aliphatic rings. The standard InChI is InChI=1S/C68H50N12/c1-67(2)47-21-5-9-29-55(47)79(56-30-10-6-22-48(56)67)59-41-43(61-73-63(51-25-13-17-37-69-51)77-64(74-61)52-26-14-18-38-70-52)33-35-45(59)46-36-34-44(62-75-65(53-27-15-19-39-71-53)78-66(76-62)54-28-16-20-40-72-54)42-60(46)80-57-31-11-7-23-49(57)68(3,4)50-24-8-12-32-58(50)80/h5-42H,1-4H3. The first-order valence-electron chi connectivity index (χ1n) is 26.6. The number of fused-ring (bicyclic) bond motifs is 4. The Morgan fingerprint density at radius 2 is 0.525 bits per heavy atom. The minimum Gasteiger partial charge on any atom is -0.309 e. The number of anilines is 6. The van der Waals surface area contributed by atoms with Crippen molar-refractivity contribution in [3.8, 4) is 80.0 Å². The maximum absolute atomic E-state index is 5.19. The van der Waals surface area contributed by atoms with Crippen molar-refractivity contribution in [2.24, 2.45) is 0 Å². The first-order valence-corrected chi connectivity index (χ1v) is 26.6. The lowest BCUT2D eigenvalue weighted by Gasteiger charge is -2.43. The van der Waals surface area contributed by atoms with Crippen molar-refractivity contribution in [1.82, 2.24) is 49.8 Å². The van der Waals surface area contributed by atoms with E-state index in [-0.39, 0.29) is 10.8 Å². The zero-order valence-corrected chi connectivity index (χ0v) is 44.3. The Balaban J connectivity index is 1.07. The van der Waals surface area contributed by atoms with Gasteiger partial charge in [0.15, 0.2) is 34.9 Å². The molecular formula is C68H50N12. The molecule has 0 N–H and O–H groups in total. The highest BCUT2D eigenvalue weighted by Gasteiger charge is 2.40. The van der Waals surface area contributed by atoms with Crippen molar-refractivity contribution in [3.05, 3.63) is 253 Å². The Labute approximate surface area is 463 Å². The van der Waals surface area contributed by atoms with E-state index in [4.69, 9.17) is 29.9 Å². The van der Waals surface area contributed by atoms with Gasteiger partial charge in [0.25, 0.3) is 0 Å². The first-order chi connectivity index (χ1) is 39.2. The molecule has 0 spiro atoms. The lowest BCUT2D eigenvalue weighted by atomic mass is 9.73. The molecule has 12 heteroatoms. The fourth-order valence-corrected chi connectivity index (χ4v) is 11.5. The van der Waals surface area contributed by atoms with E-state index in [1.807, 2.05) is 72.8 Å². The van der Waals surface area contributed by atoms with Gasteiger partial charge in [0.2, 0.25) is 0 Å². The molecule has 2 aliphatic heterocycles. The average molecular weight is 1040 g/mol. The molecule has 0 atom stereocenters. The van der Waals surface area contributed by atoms with E-state index in [9.17, 15) is 0 Å². The van der Waals surface area contributed by atoms with Crippen LogP contribution in [-0.2, 0) is 10.8 Å². The molecule has 8 heterocycles. The molecule has 0 unspecified atom stereocenters. The van der Waals surface area contributed by atoms with Crippen LogP contribution in [0.5, 0.6) is 0 Å². The second-order valence-electron chi connectivity index (χ2n) is 20.9. The SMILES string of the molecule is CC1(C)c2ccccc2N(c2cc(-c3nc(-c4ccccn4)nc(-c4ccccn4)n3)ccc2-c2ccc(-c3nc(-c4ccccn4)nc(-c4ccccn4)n3)cc2N2c3ccccc3C(C)(C)c3ccccc32)c2ccccc21. The van der Waals surface area contributed by atoms with Crippen molar-refractivity contribution in [1.29, 1.82) is 0 Å². The third-order valence-electron chi connectivity index (χ3n) is 15.4. The number of benzene rings is 6. The zero-order valence-electron chi connectivity index (χ0n) is 44.3. The summed E-state index contributed by atoms with van der Waals surface area (Å²) < 4.78 is 0. The highest BCUT2D eigenvalue weighted by molar-refractivity contribution is 6.01. The molecule has 14 rings (SSSR count). The minimum absolute atomic E-state index is 0.321. The predicted molar refractivity (Wildman–Crippen MR) is 316 cm³/mol. The Morgan fingerprint density at radius 3 is 0.800 bits per heavy atom. The van der Waals surface area contributed by atoms with Crippen LogP contribution < -0.4 is 9.80 Å². The number of hydrogen-bond acceptors (Lipinski definition) is 12. The van der Waals surface area contributed by atoms with Crippen LogP contribution in [0.15, 0.2) is 231 Å². The third-order valence-corrected chi connectivity index (χ3v) is 15.4. The van der Waals surface area contributed by atoms with E-state index in [0.29, 0.717) is 57.7 Å². The summed E-state index contributed by atoms with van der Waals surface area (Å²) >= 11 is 0. The summed E-state index contributed by atoms with van der Waals surface area (Å²) in [7, 11) is 0. The highest BCUT2D eigenvalue weighted by atomic mass is 15.2. The average Bonchev–Trinajstić information content (AvgIpc) is 3.10. The quantitative estimate of drug-likeness (QED) is 0.136. The van der Waals surface area contributed by atoms with Crippen molar-refractivity contribution in [2.75, 3.05) is 9.80 Å². The lowest BCUT2D eigenvalue weighted by Crippen LogP contribution is -2.31. The number of hydrogen-bond donors (Lipinski definition) is 0. The van der Waals surface area contributed by atoms with Gasteiger partial charge in [0.05, 0.1) is 34.1 Å². The van der Waals surface area contributed by atoms with E-state index in [0.717, 1.165) is 56.4 Å². The molecule has 12 nitrogen and oxygen atoms in total. The van der Waals surface area contributed by atoms with Crippen molar-refractivity contribution < 1.29 is 0 Å². The van der Waals surface area contributed by atoms with Gasteiger partial charge in [-0.3, -0.25) is 19.9 Å². The van der Waals surface area contributed by atoms with E-state index in [1.165, 1.54) is 22.3 Å². The number of pyridine rings is 4. The molecule has 6 aromatic heterocycles. The summed E-state index contributed by atoms with van der Waals surface area (Å²) in [6, 6.07) is 71.0. The van der Waals surface area contributed by atoms with Gasteiger partial charge >= 0.3 is 0 Å². The minimum atomic E-state index is -0.321. The van der Waals surface area contributed by atoms with Crippen molar-refractivity contribution in [2.45, 2.75) is 38.5 Å². The largest absolute Gasteiger partial charge is 0.309 e. The topological polar surface area (TPSA) is 135 Å². The van der Waals surface area contributed by atoms with Gasteiger partial charge < -0.3 is 9.80 Å². The summed E-state index contributed by atoms with van der Waals surface area (Å²) in [5, 5.41) is 0. The van der Waals surface area contributed by atoms with Crippen LogP contribution in [0.25, 0.3) is 80.0 Å². The van der Waals surface area contributed by atoms with Crippen molar-refractivity contribution >= 4 is 34.1 Å². The smallest absolute Gasteiger partial charge is 0.182 e. The summed E-state index contributed by atoms with van der Waals surface area (Å²) in [5.41, 5.74) is 16.2. The molecule has 382 valence electrons. The van der Waals surface area contributed by atoms with E-state index < -0.39 is 0 Å². The van der Waals surface area contributed by atoms with E-state index in [1.54, 1.807) is 24.8 Å². The van der Waals surface area contributed by atoms with Gasteiger partial charge in [-0.25, -0.2) is 29.9 Å². The van der Waals surface area contributed by atoms with Crippen LogP contribution in [0, 0.1) is 0 Å². The van der Waals surface area contributed by atoms with Gasteiger partial charge in [0.1, 0.15) is 22.8 Å². The maximum Gasteiger partial charge on any atom is 0.182 e. The summed E-state index contributed by atoms with van der Waals surface area (Å²) in [6.07, 6.45) is 7.01. The molecule has 0 radical (unpaired) electrons. The van der Waals surface area contributed by atoms with Crippen LogP contribution in [0.2, 0.25) is 0 Å². The van der Waals surface area contributed by atoms with E-state index >= 15 is 0 Å². The van der Waals surface area contributed by atoms with Gasteiger partial charge in [-0.05, 0) is 107 Å². The summed E-state index contributed by atoms with van der Waals surface area (Å²) in [5.74, 6) is 2.72. The van der Waals surface area contributed by atoms with Gasteiger partial charge in [-0.2, -0.15) is 0 Å². The second-order valence-corrected chi connectivity index (χ2v) is 20.9. The molecule has 0 saturated heterocycles. The molecule has 6 aromatic carbocycles. The predicted octanol–water partition coefficient (Wildman–Crippen LogP) is 15.5. The van der Waals surface area contributed by atoms with Crippen LogP contribution in [-0.4, -0.2) is 49.8 Å². The Hall–Kier alpha value is -10.5. The Bertz CT molecular complexity index is 3830. The first kappa shape index (κ1) is 48.0. The summed E-state index contributed by atoms with van der Waals surface area (Å²) in [6.45, 7) is 9.24. The molecule has 0 saturated carbocycles. The Kier molecular flexibility index (Phi) is 11.5. The van der Waals surface area contributed by atoms with Crippen LogP contribution >= 0.6 is 0 Å². The number of aromatic nitrogens is 10. The normalized spacial score (nSPS) is 13.7. The Morgan fingerprint density at radius 1 is 0.263 bits per heavy atom. The molecule has 0 fully saturated rings. The van der Waals surface area contributed by atoms with Gasteiger partial charge in [0, 0.05) is 57.9 Å². The fraction of sp³-hybridized carbons (Fsp3) is 0.0882. The molecule has 80 heavy (non-hydrogen) atoms. The fourth-order valence-electron chi connectivity index (χ4n) is 11.5. The van der Waals surface area contributed by atoms with Crippen LogP contribution in [0.4, 0.5) is 34.1 Å². The second kappa shape index (κ2) is 19.2. The number of para-hydroxylation sites is 4. The van der Waals surface area contributed by atoms with E-state index in [2.05, 4.69) is 191 Å². The maximum atomic E-state index is 5.19. The molecule has 12 aromatic rings. The molecular weight excluding hydrogens is 985 g/mol. The molecule has 0 amide bonds. The molecule has 0 bridgehead atoms. The number of rotatable bonds is 9. The summed E-state index contributed by atoms with van der Waals surface area (Å²) in [4.78, 5) is 54.3. The van der Waals surface area contributed by atoms with Crippen molar-refractivity contribution in [3.63, 3.8) is 0 Å².